The van der Waals surface area contributed by atoms with Gasteiger partial charge in [-0.05, 0) is 49.8 Å². The zero-order chi connectivity index (χ0) is 23.3. The van der Waals surface area contributed by atoms with Gasteiger partial charge in [-0.2, -0.15) is 5.10 Å². The smallest absolute Gasteiger partial charge is 0.251 e. The van der Waals surface area contributed by atoms with Crippen LogP contribution in [0.2, 0.25) is 0 Å². The van der Waals surface area contributed by atoms with Gasteiger partial charge in [0.2, 0.25) is 5.91 Å². The van der Waals surface area contributed by atoms with Crippen LogP contribution in [0.15, 0.2) is 72.3 Å². The number of amides is 2. The van der Waals surface area contributed by atoms with Crippen LogP contribution in [-0.2, 0) is 17.9 Å². The Bertz CT molecular complexity index is 1190. The number of hydrogen-bond donors (Lipinski definition) is 1. The maximum atomic E-state index is 12.7. The van der Waals surface area contributed by atoms with Crippen LogP contribution in [0.3, 0.4) is 0 Å². The summed E-state index contributed by atoms with van der Waals surface area (Å²) in [6.45, 7) is 1.71. The summed E-state index contributed by atoms with van der Waals surface area (Å²) in [6.07, 6.45) is 8.54. The Morgan fingerprint density at radius 1 is 1.00 bits per heavy atom. The molecule has 1 aromatic heterocycles. The van der Waals surface area contributed by atoms with Crippen LogP contribution in [0, 0.1) is 0 Å². The van der Waals surface area contributed by atoms with Crippen molar-refractivity contribution in [2.24, 2.45) is 0 Å². The van der Waals surface area contributed by atoms with Gasteiger partial charge in [0.1, 0.15) is 5.82 Å². The molecule has 0 fully saturated rings. The lowest BCUT2D eigenvalue weighted by Gasteiger charge is -2.27. The van der Waals surface area contributed by atoms with Crippen LogP contribution in [0.5, 0.6) is 0 Å². The molecule has 0 unspecified atom stereocenters. The molecule has 3 aromatic rings. The molecule has 1 aliphatic heterocycles. The number of rotatable bonds is 7. The lowest BCUT2D eigenvalue weighted by atomic mass is 9.97. The molecule has 2 amide bonds. The van der Waals surface area contributed by atoms with Crippen LogP contribution in [-0.4, -0.2) is 28.1 Å². The minimum absolute atomic E-state index is 0.0532. The summed E-state index contributed by atoms with van der Waals surface area (Å²) < 4.78 is 1.91. The first-order valence-corrected chi connectivity index (χ1v) is 12.2. The summed E-state index contributed by atoms with van der Waals surface area (Å²) in [5, 5.41) is 7.74. The second-order valence-electron chi connectivity index (χ2n) is 9.02. The van der Waals surface area contributed by atoms with E-state index in [0.717, 1.165) is 35.5 Å². The second kappa shape index (κ2) is 10.1. The molecule has 2 aromatic carbocycles. The molecule has 0 saturated carbocycles. The normalized spacial score (nSPS) is 15.6. The molecule has 1 N–H and O–H groups in total. The van der Waals surface area contributed by atoms with Crippen molar-refractivity contribution in [3.05, 3.63) is 83.4 Å². The van der Waals surface area contributed by atoms with E-state index in [1.807, 2.05) is 65.3 Å². The van der Waals surface area contributed by atoms with Gasteiger partial charge in [0.25, 0.3) is 5.91 Å². The van der Waals surface area contributed by atoms with Crippen molar-refractivity contribution in [1.82, 2.24) is 15.1 Å². The van der Waals surface area contributed by atoms with E-state index in [2.05, 4.69) is 11.4 Å². The lowest BCUT2D eigenvalue weighted by Crippen LogP contribution is -2.36. The quantitative estimate of drug-likeness (QED) is 0.505. The number of nitrogens with zero attached hydrogens (tertiary/aromatic N) is 3. The van der Waals surface area contributed by atoms with Crippen LogP contribution in [0.1, 0.15) is 54.4 Å². The Morgan fingerprint density at radius 2 is 1.82 bits per heavy atom. The summed E-state index contributed by atoms with van der Waals surface area (Å²) >= 11 is 0. The molecule has 1 aliphatic carbocycles. The third kappa shape index (κ3) is 4.96. The number of allylic oxidation sites excluding steroid dienone is 1. The van der Waals surface area contributed by atoms with E-state index in [1.54, 1.807) is 4.90 Å². The molecule has 0 spiro atoms. The molecule has 0 atom stereocenters. The van der Waals surface area contributed by atoms with Crippen LogP contribution in [0.25, 0.3) is 11.3 Å². The SMILES string of the molecule is O=C(NCCC1=CCCCC1)c1ccc(CN2C(=O)CCn3nc(-c4ccccc4)cc32)cc1. The van der Waals surface area contributed by atoms with Crippen LogP contribution < -0.4 is 10.2 Å². The Balaban J connectivity index is 1.23. The fraction of sp³-hybridized carbons (Fsp3) is 0.321. The van der Waals surface area contributed by atoms with Gasteiger partial charge in [-0.3, -0.25) is 14.5 Å². The van der Waals surface area contributed by atoms with Crippen molar-refractivity contribution in [3.8, 4) is 11.3 Å². The van der Waals surface area contributed by atoms with Gasteiger partial charge >= 0.3 is 0 Å². The third-order valence-corrected chi connectivity index (χ3v) is 6.62. The summed E-state index contributed by atoms with van der Waals surface area (Å²) in [4.78, 5) is 27.1. The molecule has 6 heteroatoms. The first kappa shape index (κ1) is 22.1. The highest BCUT2D eigenvalue weighted by Crippen LogP contribution is 2.29. The summed E-state index contributed by atoms with van der Waals surface area (Å²) in [5.41, 5.74) is 4.98. The largest absolute Gasteiger partial charge is 0.352 e. The summed E-state index contributed by atoms with van der Waals surface area (Å²) in [7, 11) is 0. The minimum Gasteiger partial charge on any atom is -0.352 e. The number of benzene rings is 2. The van der Waals surface area contributed by atoms with E-state index in [0.29, 0.717) is 31.6 Å². The van der Waals surface area contributed by atoms with E-state index in [9.17, 15) is 9.59 Å². The van der Waals surface area contributed by atoms with Crippen molar-refractivity contribution in [2.75, 3.05) is 11.4 Å². The van der Waals surface area contributed by atoms with Gasteiger partial charge in [-0.15, -0.1) is 0 Å². The third-order valence-electron chi connectivity index (χ3n) is 6.62. The Kier molecular flexibility index (Phi) is 6.56. The Morgan fingerprint density at radius 3 is 2.59 bits per heavy atom. The highest BCUT2D eigenvalue weighted by molar-refractivity contribution is 5.95. The van der Waals surface area contributed by atoms with Crippen molar-refractivity contribution in [1.29, 1.82) is 0 Å². The summed E-state index contributed by atoms with van der Waals surface area (Å²) in [5.74, 6) is 0.849. The molecule has 5 rings (SSSR count). The average molecular weight is 455 g/mol. The van der Waals surface area contributed by atoms with Crippen molar-refractivity contribution >= 4 is 17.6 Å². The average Bonchev–Trinajstić information content (AvgIpc) is 3.32. The first-order chi connectivity index (χ1) is 16.7. The molecular formula is C28H30N4O2. The van der Waals surface area contributed by atoms with E-state index in [1.165, 1.54) is 24.8 Å². The van der Waals surface area contributed by atoms with Gasteiger partial charge in [0.05, 0.1) is 18.8 Å². The maximum absolute atomic E-state index is 12.7. The monoisotopic (exact) mass is 454 g/mol. The number of aryl methyl sites for hydroxylation is 1. The lowest BCUT2D eigenvalue weighted by molar-refractivity contribution is -0.119. The van der Waals surface area contributed by atoms with Crippen molar-refractivity contribution in [3.63, 3.8) is 0 Å². The van der Waals surface area contributed by atoms with E-state index in [-0.39, 0.29) is 11.8 Å². The second-order valence-corrected chi connectivity index (χ2v) is 9.02. The fourth-order valence-electron chi connectivity index (χ4n) is 4.69. The zero-order valence-corrected chi connectivity index (χ0v) is 19.4. The number of anilines is 1. The molecule has 0 saturated heterocycles. The molecule has 2 aliphatic rings. The fourth-order valence-corrected chi connectivity index (χ4v) is 4.69. The van der Waals surface area contributed by atoms with E-state index >= 15 is 0 Å². The van der Waals surface area contributed by atoms with Crippen molar-refractivity contribution < 1.29 is 9.59 Å². The standard InChI is InChI=1S/C28H30N4O2/c33-27-16-18-32-26(19-25(30-32)23-9-5-2-6-10-23)31(27)20-22-11-13-24(14-12-22)28(34)29-17-15-21-7-3-1-4-8-21/h2,5-7,9-14,19H,1,3-4,8,15-18,20H2,(H,29,34). The molecule has 0 bridgehead atoms. The van der Waals surface area contributed by atoms with Gasteiger partial charge in [-0.25, -0.2) is 4.68 Å². The highest BCUT2D eigenvalue weighted by atomic mass is 16.2. The molecule has 6 nitrogen and oxygen atoms in total. The zero-order valence-electron chi connectivity index (χ0n) is 19.4. The van der Waals surface area contributed by atoms with Crippen molar-refractivity contribution in [2.45, 2.75) is 51.6 Å². The first-order valence-electron chi connectivity index (χ1n) is 12.2. The predicted octanol–water partition coefficient (Wildman–Crippen LogP) is 5.11. The number of aromatic nitrogens is 2. The molecule has 174 valence electrons. The molecule has 0 radical (unpaired) electrons. The predicted molar refractivity (Wildman–Crippen MR) is 133 cm³/mol. The summed E-state index contributed by atoms with van der Waals surface area (Å²) in [6, 6.07) is 19.5. The van der Waals surface area contributed by atoms with Gasteiger partial charge in [0.15, 0.2) is 0 Å². The van der Waals surface area contributed by atoms with Crippen LogP contribution >= 0.6 is 0 Å². The number of fused-ring (bicyclic) bond motifs is 1. The maximum Gasteiger partial charge on any atom is 0.251 e. The Labute approximate surface area is 200 Å². The molecule has 34 heavy (non-hydrogen) atoms. The molecular weight excluding hydrogens is 424 g/mol. The number of hydrogen-bond acceptors (Lipinski definition) is 3. The van der Waals surface area contributed by atoms with Gasteiger partial charge in [-0.1, -0.05) is 54.1 Å². The number of nitrogens with one attached hydrogen (secondary N) is 1. The Hall–Kier alpha value is -3.67. The topological polar surface area (TPSA) is 67.2 Å². The van der Waals surface area contributed by atoms with E-state index < -0.39 is 0 Å². The van der Waals surface area contributed by atoms with Gasteiger partial charge in [0, 0.05) is 30.2 Å². The van der Waals surface area contributed by atoms with Gasteiger partial charge < -0.3 is 5.32 Å². The van der Waals surface area contributed by atoms with E-state index in [4.69, 9.17) is 5.10 Å². The molecule has 2 heterocycles. The number of carbonyl (C=O) groups excluding carboxylic acids is 2. The number of carbonyl (C=O) groups is 2. The highest BCUT2D eigenvalue weighted by Gasteiger charge is 2.26. The minimum atomic E-state index is -0.0532. The van der Waals surface area contributed by atoms with Crippen LogP contribution in [0.4, 0.5) is 5.82 Å².